The zero-order valence-electron chi connectivity index (χ0n) is 10.1. The molecule has 1 atom stereocenters. The van der Waals surface area contributed by atoms with Crippen LogP contribution in [0.1, 0.15) is 17.5 Å². The molecule has 0 fully saturated rings. The number of hydrogen-bond donors (Lipinski definition) is 1. The van der Waals surface area contributed by atoms with Gasteiger partial charge in [0.25, 0.3) is 0 Å². The van der Waals surface area contributed by atoms with Crippen LogP contribution in [0.3, 0.4) is 0 Å². The Morgan fingerprint density at radius 3 is 2.72 bits per heavy atom. The first-order chi connectivity index (χ1) is 8.81. The van der Waals surface area contributed by atoms with Crippen molar-refractivity contribution in [1.29, 1.82) is 0 Å². The lowest BCUT2D eigenvalue weighted by Crippen LogP contribution is -2.27. The maximum absolute atomic E-state index is 13.0. The highest BCUT2D eigenvalue weighted by Crippen LogP contribution is 2.23. The van der Waals surface area contributed by atoms with Crippen LogP contribution in [0.4, 0.5) is 10.2 Å². The van der Waals surface area contributed by atoms with Crippen molar-refractivity contribution in [2.45, 2.75) is 25.3 Å². The molecule has 3 heteroatoms. The summed E-state index contributed by atoms with van der Waals surface area (Å²) in [6.45, 7) is 0. The molecule has 2 nitrogen and oxygen atoms in total. The topological polar surface area (TPSA) is 24.9 Å². The third-order valence-corrected chi connectivity index (χ3v) is 3.41. The van der Waals surface area contributed by atoms with Crippen LogP contribution in [0, 0.1) is 5.95 Å². The molecule has 0 amide bonds. The van der Waals surface area contributed by atoms with E-state index in [-0.39, 0.29) is 0 Å². The summed E-state index contributed by atoms with van der Waals surface area (Å²) >= 11 is 0. The number of pyridine rings is 1. The van der Waals surface area contributed by atoms with Gasteiger partial charge in [-0.2, -0.15) is 4.39 Å². The fourth-order valence-electron chi connectivity index (χ4n) is 2.52. The van der Waals surface area contributed by atoms with Gasteiger partial charge in [0, 0.05) is 6.04 Å². The highest BCUT2D eigenvalue weighted by atomic mass is 19.1. The Labute approximate surface area is 106 Å². The van der Waals surface area contributed by atoms with E-state index in [9.17, 15) is 4.39 Å². The predicted molar refractivity (Wildman–Crippen MR) is 70.1 cm³/mol. The average Bonchev–Trinajstić information content (AvgIpc) is 2.39. The van der Waals surface area contributed by atoms with Gasteiger partial charge in [-0.3, -0.25) is 0 Å². The summed E-state index contributed by atoms with van der Waals surface area (Å²) in [5, 5.41) is 3.31. The van der Waals surface area contributed by atoms with Crippen LogP contribution < -0.4 is 5.32 Å². The minimum absolute atomic E-state index is 0.342. The van der Waals surface area contributed by atoms with Gasteiger partial charge >= 0.3 is 0 Å². The van der Waals surface area contributed by atoms with E-state index < -0.39 is 5.95 Å². The number of hydrogen-bond acceptors (Lipinski definition) is 2. The molecule has 0 saturated heterocycles. The summed E-state index contributed by atoms with van der Waals surface area (Å²) in [4.78, 5) is 3.85. The number of halogens is 1. The molecule has 3 rings (SSSR count). The van der Waals surface area contributed by atoms with Crippen molar-refractivity contribution < 1.29 is 4.39 Å². The second kappa shape index (κ2) is 4.77. The normalized spacial score (nSPS) is 18.2. The molecule has 92 valence electrons. The molecular weight excluding hydrogens is 227 g/mol. The summed E-state index contributed by atoms with van der Waals surface area (Å²) in [5.74, 6) is 0.190. The number of aromatic nitrogens is 1. The molecule has 1 aliphatic rings. The van der Waals surface area contributed by atoms with Crippen LogP contribution in [0.25, 0.3) is 0 Å². The quantitative estimate of drug-likeness (QED) is 0.818. The van der Waals surface area contributed by atoms with Crippen LogP contribution in [-0.2, 0) is 12.8 Å². The molecule has 0 spiro atoms. The van der Waals surface area contributed by atoms with Gasteiger partial charge in [-0.1, -0.05) is 30.3 Å². The van der Waals surface area contributed by atoms with Gasteiger partial charge in [0.2, 0.25) is 5.95 Å². The van der Waals surface area contributed by atoms with Gasteiger partial charge < -0.3 is 5.32 Å². The standard InChI is InChI=1S/C15H15FN2/c16-14-6-3-7-15(18-14)17-13-9-8-11-4-1-2-5-12(11)10-13/h1-7,13H,8-10H2,(H,17,18). The Morgan fingerprint density at radius 2 is 1.89 bits per heavy atom. The van der Waals surface area contributed by atoms with Crippen molar-refractivity contribution in [3.8, 4) is 0 Å². The minimum Gasteiger partial charge on any atom is -0.367 e. The summed E-state index contributed by atoms with van der Waals surface area (Å²) < 4.78 is 13.0. The Hall–Kier alpha value is -1.90. The highest BCUT2D eigenvalue weighted by molar-refractivity contribution is 5.38. The van der Waals surface area contributed by atoms with E-state index in [1.165, 1.54) is 17.2 Å². The fraction of sp³-hybridized carbons (Fsp3) is 0.267. The Balaban J connectivity index is 1.73. The molecule has 2 aromatic rings. The molecule has 1 unspecified atom stereocenters. The van der Waals surface area contributed by atoms with Gasteiger partial charge in [-0.05, 0) is 42.5 Å². The van der Waals surface area contributed by atoms with Crippen molar-refractivity contribution in [3.05, 3.63) is 59.5 Å². The predicted octanol–water partition coefficient (Wildman–Crippen LogP) is 3.19. The number of benzene rings is 1. The van der Waals surface area contributed by atoms with E-state index in [1.807, 2.05) is 6.07 Å². The third-order valence-electron chi connectivity index (χ3n) is 3.41. The van der Waals surface area contributed by atoms with Crippen LogP contribution in [0.15, 0.2) is 42.5 Å². The largest absolute Gasteiger partial charge is 0.367 e. The van der Waals surface area contributed by atoms with Crippen molar-refractivity contribution >= 4 is 5.82 Å². The molecule has 1 aromatic heterocycles. The number of nitrogens with zero attached hydrogens (tertiary/aromatic N) is 1. The van der Waals surface area contributed by atoms with Gasteiger partial charge in [0.05, 0.1) is 0 Å². The van der Waals surface area contributed by atoms with Crippen LogP contribution in [0.2, 0.25) is 0 Å². The van der Waals surface area contributed by atoms with E-state index >= 15 is 0 Å². The zero-order chi connectivity index (χ0) is 12.4. The Kier molecular flexibility index (Phi) is 2.97. The van der Waals surface area contributed by atoms with Crippen molar-refractivity contribution in [2.24, 2.45) is 0 Å². The van der Waals surface area contributed by atoms with Crippen molar-refractivity contribution in [3.63, 3.8) is 0 Å². The zero-order valence-corrected chi connectivity index (χ0v) is 10.1. The van der Waals surface area contributed by atoms with E-state index in [4.69, 9.17) is 0 Å². The number of nitrogens with one attached hydrogen (secondary N) is 1. The van der Waals surface area contributed by atoms with Gasteiger partial charge in [-0.15, -0.1) is 0 Å². The lowest BCUT2D eigenvalue weighted by Gasteiger charge is -2.25. The smallest absolute Gasteiger partial charge is 0.214 e. The molecule has 18 heavy (non-hydrogen) atoms. The monoisotopic (exact) mass is 242 g/mol. The molecule has 1 heterocycles. The molecular formula is C15H15FN2. The van der Waals surface area contributed by atoms with E-state index in [0.29, 0.717) is 11.9 Å². The van der Waals surface area contributed by atoms with E-state index in [1.54, 1.807) is 6.07 Å². The summed E-state index contributed by atoms with van der Waals surface area (Å²) in [6.07, 6.45) is 3.12. The second-order valence-corrected chi connectivity index (χ2v) is 4.70. The molecule has 0 aliphatic heterocycles. The van der Waals surface area contributed by atoms with Gasteiger partial charge in [0.1, 0.15) is 5.82 Å². The lowest BCUT2D eigenvalue weighted by molar-refractivity contribution is 0.576. The van der Waals surface area contributed by atoms with Crippen LogP contribution in [0.5, 0.6) is 0 Å². The molecule has 1 aromatic carbocycles. The first-order valence-corrected chi connectivity index (χ1v) is 6.27. The van der Waals surface area contributed by atoms with Crippen molar-refractivity contribution in [2.75, 3.05) is 5.32 Å². The summed E-state index contributed by atoms with van der Waals surface area (Å²) in [7, 11) is 0. The third kappa shape index (κ3) is 2.35. The van der Waals surface area contributed by atoms with Crippen molar-refractivity contribution in [1.82, 2.24) is 4.98 Å². The second-order valence-electron chi connectivity index (χ2n) is 4.70. The molecule has 0 bridgehead atoms. The highest BCUT2D eigenvalue weighted by Gasteiger charge is 2.18. The number of fused-ring (bicyclic) bond motifs is 1. The van der Waals surface area contributed by atoms with Gasteiger partial charge in [0.15, 0.2) is 0 Å². The minimum atomic E-state index is -0.434. The average molecular weight is 242 g/mol. The maximum Gasteiger partial charge on any atom is 0.214 e. The molecule has 1 aliphatic carbocycles. The number of aryl methyl sites for hydroxylation is 1. The first kappa shape index (κ1) is 11.2. The number of anilines is 1. The van der Waals surface area contributed by atoms with E-state index in [2.05, 4.69) is 34.6 Å². The Morgan fingerprint density at radius 1 is 1.06 bits per heavy atom. The molecule has 0 saturated carbocycles. The van der Waals surface area contributed by atoms with Crippen LogP contribution in [-0.4, -0.2) is 11.0 Å². The molecule has 1 N–H and O–H groups in total. The first-order valence-electron chi connectivity index (χ1n) is 6.27. The fourth-order valence-corrected chi connectivity index (χ4v) is 2.52. The summed E-state index contributed by atoms with van der Waals surface area (Å²) in [6, 6.07) is 13.7. The Bertz CT molecular complexity index is 554. The van der Waals surface area contributed by atoms with Gasteiger partial charge in [-0.25, -0.2) is 4.98 Å². The SMILES string of the molecule is Fc1cccc(NC2CCc3ccccc3C2)n1. The van der Waals surface area contributed by atoms with E-state index in [0.717, 1.165) is 19.3 Å². The van der Waals surface area contributed by atoms with Crippen LogP contribution >= 0.6 is 0 Å². The molecule has 0 radical (unpaired) electrons. The summed E-state index contributed by atoms with van der Waals surface area (Å²) in [5.41, 5.74) is 2.82. The maximum atomic E-state index is 13.0. The lowest BCUT2D eigenvalue weighted by atomic mass is 9.88. The number of rotatable bonds is 2.